The number of carbonyl (C=O) groups excluding carboxylic acids is 2. The van der Waals surface area contributed by atoms with E-state index >= 15 is 0 Å². The number of hydrogen-bond acceptors (Lipinski definition) is 3. The lowest BCUT2D eigenvalue weighted by Crippen LogP contribution is -2.53. The minimum Gasteiger partial charge on any atom is -0.381 e. The fourth-order valence-corrected chi connectivity index (χ4v) is 6.11. The highest BCUT2D eigenvalue weighted by Gasteiger charge is 2.63. The van der Waals surface area contributed by atoms with Gasteiger partial charge in [-0.05, 0) is 69.9 Å². The number of fused-ring (bicyclic) bond motifs is 5. The summed E-state index contributed by atoms with van der Waals surface area (Å²) in [5.74, 6) is 0.747. The van der Waals surface area contributed by atoms with Gasteiger partial charge in [-0.3, -0.25) is 9.59 Å². The molecule has 0 spiro atoms. The predicted octanol–water partition coefficient (Wildman–Crippen LogP) is 3.53. The molecule has 0 aromatic carbocycles. The Morgan fingerprint density at radius 2 is 2.04 bits per heavy atom. The Hall–Kier alpha value is -1.48. The molecule has 1 unspecified atom stereocenters. The van der Waals surface area contributed by atoms with E-state index in [1.807, 2.05) is 6.08 Å². The predicted molar refractivity (Wildman–Crippen MR) is 92.2 cm³/mol. The molecule has 5 atom stereocenters. The van der Waals surface area contributed by atoms with Crippen LogP contribution in [0.1, 0.15) is 52.9 Å². The van der Waals surface area contributed by atoms with Gasteiger partial charge in [0.2, 0.25) is 0 Å². The zero-order valence-corrected chi connectivity index (χ0v) is 14.8. The van der Waals surface area contributed by atoms with Crippen molar-refractivity contribution < 1.29 is 14.7 Å². The van der Waals surface area contributed by atoms with Crippen molar-refractivity contribution >= 4 is 11.6 Å². The van der Waals surface area contributed by atoms with Crippen LogP contribution in [-0.2, 0) is 9.59 Å². The van der Waals surface area contributed by atoms with Crippen LogP contribution in [0.15, 0.2) is 35.5 Å². The van der Waals surface area contributed by atoms with Gasteiger partial charge in [0.15, 0.2) is 11.6 Å². The molecule has 4 rings (SSSR count). The van der Waals surface area contributed by atoms with Crippen LogP contribution in [0.5, 0.6) is 0 Å². The summed E-state index contributed by atoms with van der Waals surface area (Å²) in [6.07, 6.45) is 12.0. The van der Waals surface area contributed by atoms with Crippen LogP contribution in [0.25, 0.3) is 0 Å². The highest BCUT2D eigenvalue weighted by Crippen LogP contribution is 2.64. The molecule has 128 valence electrons. The zero-order valence-electron chi connectivity index (χ0n) is 14.8. The van der Waals surface area contributed by atoms with E-state index in [2.05, 4.69) is 26.0 Å². The quantitative estimate of drug-likeness (QED) is 0.750. The van der Waals surface area contributed by atoms with Gasteiger partial charge in [-0.1, -0.05) is 30.2 Å². The average Bonchev–Trinajstić information content (AvgIpc) is 2.81. The third kappa shape index (κ3) is 1.77. The summed E-state index contributed by atoms with van der Waals surface area (Å²) in [5, 5.41) is 11.1. The first-order valence-electron chi connectivity index (χ1n) is 9.10. The van der Waals surface area contributed by atoms with Crippen molar-refractivity contribution in [3.8, 4) is 0 Å². The Bertz CT molecular complexity index is 727. The third-order valence-corrected chi connectivity index (χ3v) is 7.68. The number of hydrogen-bond donors (Lipinski definition) is 1. The molecule has 2 saturated carbocycles. The topological polar surface area (TPSA) is 54.4 Å². The second-order valence-corrected chi connectivity index (χ2v) is 8.60. The Balaban J connectivity index is 1.79. The number of rotatable bonds is 1. The Morgan fingerprint density at radius 3 is 2.75 bits per heavy atom. The standard InChI is InChI=1S/C21H26O3/c1-13(22)21(24)11-8-18-16-5-4-14-12-15(23)6-9-19(14,2)17(16)7-10-20(18,21)3/h6-7,9,12,16,18,24H,4-5,8,10-11H2,1-3H3/t16?,18-,19-,20-,21-/m0/s1. The lowest BCUT2D eigenvalue weighted by atomic mass is 9.51. The summed E-state index contributed by atoms with van der Waals surface area (Å²) in [7, 11) is 0. The van der Waals surface area contributed by atoms with E-state index in [0.717, 1.165) is 25.7 Å². The first kappa shape index (κ1) is 16.0. The molecule has 0 heterocycles. The summed E-state index contributed by atoms with van der Waals surface area (Å²) in [5.41, 5.74) is 0.920. The second kappa shape index (κ2) is 4.78. The molecule has 4 aliphatic rings. The highest BCUT2D eigenvalue weighted by atomic mass is 16.3. The van der Waals surface area contributed by atoms with Gasteiger partial charge in [-0.15, -0.1) is 0 Å². The molecule has 0 aliphatic heterocycles. The molecule has 3 nitrogen and oxygen atoms in total. The first-order valence-corrected chi connectivity index (χ1v) is 9.10. The molecule has 0 aromatic rings. The van der Waals surface area contributed by atoms with Crippen LogP contribution in [0.2, 0.25) is 0 Å². The average molecular weight is 326 g/mol. The van der Waals surface area contributed by atoms with Crippen LogP contribution in [0, 0.1) is 22.7 Å². The van der Waals surface area contributed by atoms with E-state index in [1.54, 1.807) is 6.08 Å². The minimum atomic E-state index is -1.19. The number of allylic oxidation sites excluding steroid dienone is 6. The summed E-state index contributed by atoms with van der Waals surface area (Å²) in [6.45, 7) is 5.85. The maximum atomic E-state index is 12.2. The van der Waals surface area contributed by atoms with Gasteiger partial charge in [-0.2, -0.15) is 0 Å². The van der Waals surface area contributed by atoms with Gasteiger partial charge >= 0.3 is 0 Å². The number of Topliss-reactive ketones (excluding diaryl/α,β-unsaturated/α-hetero) is 1. The van der Waals surface area contributed by atoms with Crippen LogP contribution < -0.4 is 0 Å². The van der Waals surface area contributed by atoms with Gasteiger partial charge in [0.05, 0.1) is 0 Å². The summed E-state index contributed by atoms with van der Waals surface area (Å²) in [4.78, 5) is 23.9. The van der Waals surface area contributed by atoms with Gasteiger partial charge < -0.3 is 5.11 Å². The van der Waals surface area contributed by atoms with E-state index in [1.165, 1.54) is 18.1 Å². The Labute approximate surface area is 143 Å². The van der Waals surface area contributed by atoms with Gasteiger partial charge in [0, 0.05) is 10.8 Å². The van der Waals surface area contributed by atoms with Gasteiger partial charge in [0.1, 0.15) is 5.60 Å². The summed E-state index contributed by atoms with van der Waals surface area (Å²) >= 11 is 0. The fraction of sp³-hybridized carbons (Fsp3) is 0.619. The lowest BCUT2D eigenvalue weighted by molar-refractivity contribution is -0.150. The van der Waals surface area contributed by atoms with E-state index in [-0.39, 0.29) is 22.4 Å². The molecule has 4 aliphatic carbocycles. The number of aliphatic hydroxyl groups is 1. The molecule has 1 N–H and O–H groups in total. The minimum absolute atomic E-state index is 0.0879. The largest absolute Gasteiger partial charge is 0.381 e. The van der Waals surface area contributed by atoms with Crippen molar-refractivity contribution in [2.45, 2.75) is 58.5 Å². The monoisotopic (exact) mass is 326 g/mol. The van der Waals surface area contributed by atoms with Crippen molar-refractivity contribution in [1.29, 1.82) is 0 Å². The normalized spacial score (nSPS) is 46.6. The Kier molecular flexibility index (Phi) is 3.19. The van der Waals surface area contributed by atoms with Crippen LogP contribution in [-0.4, -0.2) is 22.3 Å². The number of ketones is 2. The van der Waals surface area contributed by atoms with E-state index in [4.69, 9.17) is 0 Å². The smallest absolute Gasteiger partial charge is 0.178 e. The molecular weight excluding hydrogens is 300 g/mol. The maximum Gasteiger partial charge on any atom is 0.178 e. The molecule has 0 bridgehead atoms. The zero-order chi connectivity index (χ0) is 17.3. The molecule has 0 saturated heterocycles. The maximum absolute atomic E-state index is 12.2. The molecular formula is C21H26O3. The van der Waals surface area contributed by atoms with E-state index in [9.17, 15) is 14.7 Å². The van der Waals surface area contributed by atoms with E-state index < -0.39 is 5.60 Å². The third-order valence-electron chi connectivity index (χ3n) is 7.68. The molecule has 2 fully saturated rings. The summed E-state index contributed by atoms with van der Waals surface area (Å²) in [6, 6.07) is 0. The van der Waals surface area contributed by atoms with E-state index in [0.29, 0.717) is 18.3 Å². The second-order valence-electron chi connectivity index (χ2n) is 8.60. The molecule has 3 heteroatoms. The van der Waals surface area contributed by atoms with Crippen LogP contribution in [0.3, 0.4) is 0 Å². The van der Waals surface area contributed by atoms with Gasteiger partial charge in [-0.25, -0.2) is 0 Å². The van der Waals surface area contributed by atoms with Crippen molar-refractivity contribution in [3.63, 3.8) is 0 Å². The van der Waals surface area contributed by atoms with Crippen LogP contribution in [0.4, 0.5) is 0 Å². The number of carbonyl (C=O) groups is 2. The lowest BCUT2D eigenvalue weighted by Gasteiger charge is -2.53. The fourth-order valence-electron chi connectivity index (χ4n) is 6.11. The molecule has 0 amide bonds. The molecule has 0 aromatic heterocycles. The SMILES string of the molecule is CC(=O)[C@@]1(O)CC[C@H]2C3CCC4=CC(=O)C=C[C@]4(C)C3=CC[C@@]21C. The van der Waals surface area contributed by atoms with Crippen molar-refractivity contribution in [2.24, 2.45) is 22.7 Å². The Morgan fingerprint density at radius 1 is 1.29 bits per heavy atom. The van der Waals surface area contributed by atoms with Crippen molar-refractivity contribution in [3.05, 3.63) is 35.5 Å². The molecule has 24 heavy (non-hydrogen) atoms. The first-order chi connectivity index (χ1) is 11.2. The van der Waals surface area contributed by atoms with Crippen LogP contribution >= 0.6 is 0 Å². The van der Waals surface area contributed by atoms with Crippen molar-refractivity contribution in [1.82, 2.24) is 0 Å². The van der Waals surface area contributed by atoms with Crippen molar-refractivity contribution in [2.75, 3.05) is 0 Å². The van der Waals surface area contributed by atoms with Gasteiger partial charge in [0.25, 0.3) is 0 Å². The highest BCUT2D eigenvalue weighted by molar-refractivity contribution is 6.01. The summed E-state index contributed by atoms with van der Waals surface area (Å²) < 4.78 is 0. The molecule has 0 radical (unpaired) electrons.